The number of nitrogens with one attached hydrogen (secondary N) is 1. The number of nitrogens with zero attached hydrogens (tertiary/aromatic N) is 2. The van der Waals surface area contributed by atoms with E-state index in [1.54, 1.807) is 6.07 Å². The molecule has 4 aromatic carbocycles. The molecular formula is C26H21N3O5. The van der Waals surface area contributed by atoms with E-state index in [9.17, 15) is 14.9 Å². The SMILES string of the molecule is COc1ccc([N+](=O)[O-])cc1C(=O)N/N=C\c1cccc(OCc2cccc3ccccc23)c1. The first-order chi connectivity index (χ1) is 16.5. The summed E-state index contributed by atoms with van der Waals surface area (Å²) in [5, 5.41) is 17.3. The number of methoxy groups -OCH3 is 1. The van der Waals surface area contributed by atoms with Crippen molar-refractivity contribution in [1.29, 1.82) is 0 Å². The zero-order valence-electron chi connectivity index (χ0n) is 18.3. The minimum atomic E-state index is -0.625. The molecule has 0 saturated carbocycles. The van der Waals surface area contributed by atoms with Crippen LogP contribution in [-0.2, 0) is 6.61 Å². The second kappa shape index (κ2) is 10.3. The first kappa shape index (κ1) is 22.5. The van der Waals surface area contributed by atoms with Gasteiger partial charge in [0.25, 0.3) is 11.6 Å². The first-order valence-electron chi connectivity index (χ1n) is 10.4. The van der Waals surface area contributed by atoms with E-state index in [1.165, 1.54) is 25.5 Å². The van der Waals surface area contributed by atoms with Crippen LogP contribution >= 0.6 is 0 Å². The van der Waals surface area contributed by atoms with E-state index < -0.39 is 10.8 Å². The minimum absolute atomic E-state index is 0.0148. The molecule has 4 aromatic rings. The lowest BCUT2D eigenvalue weighted by Crippen LogP contribution is -2.18. The number of rotatable bonds is 8. The molecule has 1 N–H and O–H groups in total. The molecule has 1 amide bonds. The fraction of sp³-hybridized carbons (Fsp3) is 0.0769. The molecule has 0 aliphatic carbocycles. The molecule has 0 aliphatic heterocycles. The van der Waals surface area contributed by atoms with E-state index in [0.29, 0.717) is 17.9 Å². The zero-order valence-corrected chi connectivity index (χ0v) is 18.3. The van der Waals surface area contributed by atoms with Crippen molar-refractivity contribution in [2.45, 2.75) is 6.61 Å². The van der Waals surface area contributed by atoms with Crippen LogP contribution in [0.1, 0.15) is 21.5 Å². The van der Waals surface area contributed by atoms with E-state index in [4.69, 9.17) is 9.47 Å². The standard InChI is InChI=1S/C26H21N3O5/c1-33-25-13-12-21(29(31)32)15-24(25)26(30)28-27-16-18-6-4-10-22(14-18)34-17-20-9-5-8-19-7-2-3-11-23(19)20/h2-16H,17H2,1H3,(H,28,30)/b27-16-. The average molecular weight is 455 g/mol. The molecule has 0 fully saturated rings. The second-order valence-electron chi connectivity index (χ2n) is 7.34. The highest BCUT2D eigenvalue weighted by atomic mass is 16.6. The largest absolute Gasteiger partial charge is 0.496 e. The van der Waals surface area contributed by atoms with Gasteiger partial charge >= 0.3 is 0 Å². The molecule has 0 aromatic heterocycles. The zero-order chi connectivity index (χ0) is 23.9. The van der Waals surface area contributed by atoms with Crippen molar-refractivity contribution < 1.29 is 19.2 Å². The molecule has 0 unspecified atom stereocenters. The molecule has 0 atom stereocenters. The van der Waals surface area contributed by atoms with Crippen molar-refractivity contribution in [3.05, 3.63) is 112 Å². The highest BCUT2D eigenvalue weighted by molar-refractivity contribution is 5.98. The number of carbonyl (C=O) groups excluding carboxylic acids is 1. The highest BCUT2D eigenvalue weighted by Crippen LogP contribution is 2.24. The van der Waals surface area contributed by atoms with Crippen LogP contribution in [0.2, 0.25) is 0 Å². The fourth-order valence-electron chi connectivity index (χ4n) is 3.48. The van der Waals surface area contributed by atoms with E-state index in [2.05, 4.69) is 28.7 Å². The van der Waals surface area contributed by atoms with Crippen LogP contribution in [0, 0.1) is 10.1 Å². The molecule has 0 saturated heterocycles. The summed E-state index contributed by atoms with van der Waals surface area (Å²) in [4.78, 5) is 22.9. The Morgan fingerprint density at radius 2 is 1.82 bits per heavy atom. The predicted octanol–water partition coefficient (Wildman–Crippen LogP) is 5.10. The van der Waals surface area contributed by atoms with Crippen molar-refractivity contribution in [2.75, 3.05) is 7.11 Å². The van der Waals surface area contributed by atoms with Crippen LogP contribution < -0.4 is 14.9 Å². The van der Waals surface area contributed by atoms with E-state index >= 15 is 0 Å². The summed E-state index contributed by atoms with van der Waals surface area (Å²) in [5.41, 5.74) is 3.96. The number of nitro benzene ring substituents is 1. The summed E-state index contributed by atoms with van der Waals surface area (Å²) >= 11 is 0. The van der Waals surface area contributed by atoms with Gasteiger partial charge in [-0.2, -0.15) is 5.10 Å². The molecule has 0 bridgehead atoms. The van der Waals surface area contributed by atoms with Gasteiger partial charge in [-0.3, -0.25) is 14.9 Å². The number of benzene rings is 4. The van der Waals surface area contributed by atoms with Crippen molar-refractivity contribution in [3.8, 4) is 11.5 Å². The molecule has 0 radical (unpaired) electrons. The second-order valence-corrected chi connectivity index (χ2v) is 7.34. The number of carbonyl (C=O) groups is 1. The Bertz CT molecular complexity index is 1380. The molecule has 8 nitrogen and oxygen atoms in total. The molecule has 0 heterocycles. The Labute approximate surface area is 195 Å². The van der Waals surface area contributed by atoms with E-state index in [-0.39, 0.29) is 17.0 Å². The minimum Gasteiger partial charge on any atom is -0.496 e. The number of amides is 1. The number of nitro groups is 1. The Hall–Kier alpha value is -4.72. The lowest BCUT2D eigenvalue weighted by Gasteiger charge is -2.09. The number of fused-ring (bicyclic) bond motifs is 1. The number of hydrogen-bond donors (Lipinski definition) is 1. The van der Waals surface area contributed by atoms with Crippen molar-refractivity contribution in [2.24, 2.45) is 5.10 Å². The first-order valence-corrected chi connectivity index (χ1v) is 10.4. The van der Waals surface area contributed by atoms with Crippen LogP contribution in [0.4, 0.5) is 5.69 Å². The maximum Gasteiger partial charge on any atom is 0.275 e. The summed E-state index contributed by atoms with van der Waals surface area (Å²) in [6.07, 6.45) is 1.46. The molecule has 34 heavy (non-hydrogen) atoms. The molecule has 170 valence electrons. The maximum atomic E-state index is 12.5. The van der Waals surface area contributed by atoms with Crippen LogP contribution in [0.3, 0.4) is 0 Å². The number of hydrazone groups is 1. The normalized spacial score (nSPS) is 10.9. The van der Waals surface area contributed by atoms with Crippen molar-refractivity contribution in [3.63, 3.8) is 0 Å². The van der Waals surface area contributed by atoms with Gasteiger partial charge in [-0.15, -0.1) is 0 Å². The third-order valence-corrected chi connectivity index (χ3v) is 5.15. The summed E-state index contributed by atoms with van der Waals surface area (Å²) in [6.45, 7) is 0.408. The Morgan fingerprint density at radius 1 is 1.03 bits per heavy atom. The fourth-order valence-corrected chi connectivity index (χ4v) is 3.48. The smallest absolute Gasteiger partial charge is 0.275 e. The lowest BCUT2D eigenvalue weighted by atomic mass is 10.1. The number of hydrogen-bond acceptors (Lipinski definition) is 6. The molecule has 0 spiro atoms. The van der Waals surface area contributed by atoms with Crippen LogP contribution in [0.25, 0.3) is 10.8 Å². The molecular weight excluding hydrogens is 434 g/mol. The third-order valence-electron chi connectivity index (χ3n) is 5.15. The van der Waals surface area contributed by atoms with Gasteiger partial charge in [0.05, 0.1) is 23.8 Å². The summed E-state index contributed by atoms with van der Waals surface area (Å²) in [6, 6.07) is 25.3. The predicted molar refractivity (Wildman–Crippen MR) is 129 cm³/mol. The summed E-state index contributed by atoms with van der Waals surface area (Å²) in [5.74, 6) is 0.242. The highest BCUT2D eigenvalue weighted by Gasteiger charge is 2.17. The quantitative estimate of drug-likeness (QED) is 0.226. The molecule has 4 rings (SSSR count). The molecule has 8 heteroatoms. The third kappa shape index (κ3) is 5.18. The monoisotopic (exact) mass is 455 g/mol. The summed E-state index contributed by atoms with van der Waals surface area (Å²) < 4.78 is 11.1. The lowest BCUT2D eigenvalue weighted by molar-refractivity contribution is -0.384. The van der Waals surface area contributed by atoms with Gasteiger partial charge in [0.15, 0.2) is 0 Å². The van der Waals surface area contributed by atoms with Gasteiger partial charge in [0, 0.05) is 12.1 Å². The Morgan fingerprint density at radius 3 is 2.65 bits per heavy atom. The Kier molecular flexibility index (Phi) is 6.78. The van der Waals surface area contributed by atoms with Gasteiger partial charge in [-0.05, 0) is 40.1 Å². The Balaban J connectivity index is 1.42. The maximum absolute atomic E-state index is 12.5. The average Bonchev–Trinajstić information content (AvgIpc) is 2.87. The van der Waals surface area contributed by atoms with Crippen molar-refractivity contribution >= 4 is 28.6 Å². The van der Waals surface area contributed by atoms with Crippen LogP contribution in [-0.4, -0.2) is 24.2 Å². The van der Waals surface area contributed by atoms with Gasteiger partial charge in [0.1, 0.15) is 18.1 Å². The van der Waals surface area contributed by atoms with Crippen molar-refractivity contribution in [1.82, 2.24) is 5.43 Å². The summed E-state index contributed by atoms with van der Waals surface area (Å²) in [7, 11) is 1.38. The van der Waals surface area contributed by atoms with E-state index in [1.807, 2.05) is 42.5 Å². The van der Waals surface area contributed by atoms with Gasteiger partial charge in [0.2, 0.25) is 0 Å². The van der Waals surface area contributed by atoms with Gasteiger partial charge < -0.3 is 9.47 Å². The van der Waals surface area contributed by atoms with Crippen LogP contribution in [0.15, 0.2) is 90.0 Å². The van der Waals surface area contributed by atoms with Gasteiger partial charge in [-0.1, -0.05) is 54.6 Å². The topological polar surface area (TPSA) is 103 Å². The van der Waals surface area contributed by atoms with Crippen LogP contribution in [0.5, 0.6) is 11.5 Å². The van der Waals surface area contributed by atoms with E-state index in [0.717, 1.165) is 22.4 Å². The number of non-ortho nitro benzene ring substituents is 1. The number of ether oxygens (including phenoxy) is 2. The van der Waals surface area contributed by atoms with Gasteiger partial charge in [-0.25, -0.2) is 5.43 Å². The molecule has 0 aliphatic rings.